The molecule has 0 spiro atoms. The fourth-order valence-corrected chi connectivity index (χ4v) is 1.21. The van der Waals surface area contributed by atoms with Gasteiger partial charge >= 0.3 is 5.97 Å². The first-order chi connectivity index (χ1) is 5.39. The van der Waals surface area contributed by atoms with Gasteiger partial charge in [-0.25, -0.2) is 0 Å². The van der Waals surface area contributed by atoms with Crippen molar-refractivity contribution < 1.29 is 9.53 Å². The van der Waals surface area contributed by atoms with E-state index in [1.54, 1.807) is 6.92 Å². The van der Waals surface area contributed by atoms with E-state index in [1.807, 2.05) is 19.9 Å². The summed E-state index contributed by atoms with van der Waals surface area (Å²) in [6, 6.07) is 2.00. The molecule has 68 valence electrons. The fraction of sp³-hybridized carbons (Fsp3) is 0.778. The van der Waals surface area contributed by atoms with Crippen molar-refractivity contribution >= 4 is 5.97 Å². The van der Waals surface area contributed by atoms with Gasteiger partial charge in [-0.15, -0.1) is 0 Å². The summed E-state index contributed by atoms with van der Waals surface area (Å²) in [4.78, 5) is 10.6. The molecule has 0 rings (SSSR count). The van der Waals surface area contributed by atoms with Crippen LogP contribution in [0.2, 0.25) is 0 Å². The molecule has 1 atom stereocenters. The van der Waals surface area contributed by atoms with Crippen LogP contribution in [0.1, 0.15) is 34.1 Å². The zero-order chi connectivity index (χ0) is 9.78. The lowest BCUT2D eigenvalue weighted by atomic mass is 9.95. The molecular formula is C9H15NO2. The zero-order valence-corrected chi connectivity index (χ0v) is 8.05. The van der Waals surface area contributed by atoms with E-state index in [4.69, 9.17) is 10.00 Å². The van der Waals surface area contributed by atoms with E-state index >= 15 is 0 Å². The molecule has 0 aliphatic carbocycles. The van der Waals surface area contributed by atoms with Gasteiger partial charge in [0.2, 0.25) is 0 Å². The average molecular weight is 169 g/mol. The molecule has 0 aromatic heterocycles. The summed E-state index contributed by atoms with van der Waals surface area (Å²) in [5, 5.41) is 8.76. The quantitative estimate of drug-likeness (QED) is 0.606. The molecule has 0 aromatic rings. The van der Waals surface area contributed by atoms with Crippen molar-refractivity contribution in [1.82, 2.24) is 0 Å². The molecule has 3 nitrogen and oxygen atoms in total. The van der Waals surface area contributed by atoms with E-state index < -0.39 is 11.6 Å². The molecule has 3 heteroatoms. The Hall–Kier alpha value is -1.04. The van der Waals surface area contributed by atoms with Crippen LogP contribution in [0.15, 0.2) is 0 Å². The lowest BCUT2D eigenvalue weighted by Crippen LogP contribution is -2.30. The Morgan fingerprint density at radius 3 is 2.42 bits per heavy atom. The van der Waals surface area contributed by atoms with Gasteiger partial charge in [-0.2, -0.15) is 5.26 Å². The lowest BCUT2D eigenvalue weighted by Gasteiger charge is -2.22. The topological polar surface area (TPSA) is 50.1 Å². The van der Waals surface area contributed by atoms with Crippen molar-refractivity contribution in [3.8, 4) is 6.07 Å². The molecule has 0 aliphatic heterocycles. The van der Waals surface area contributed by atoms with Crippen LogP contribution < -0.4 is 0 Å². The highest BCUT2D eigenvalue weighted by molar-refractivity contribution is 5.66. The molecular weight excluding hydrogens is 154 g/mol. The summed E-state index contributed by atoms with van der Waals surface area (Å²) in [5.74, 6) is -0.0614. The summed E-state index contributed by atoms with van der Waals surface area (Å²) in [7, 11) is 0. The molecule has 0 N–H and O–H groups in total. The zero-order valence-electron chi connectivity index (χ0n) is 8.05. The predicted molar refractivity (Wildman–Crippen MR) is 45.2 cm³/mol. The average Bonchev–Trinajstić information content (AvgIpc) is 1.83. The van der Waals surface area contributed by atoms with Gasteiger partial charge in [0.25, 0.3) is 0 Å². The van der Waals surface area contributed by atoms with E-state index in [-0.39, 0.29) is 0 Å². The summed E-state index contributed by atoms with van der Waals surface area (Å²) in [5.41, 5.74) is -0.958. The van der Waals surface area contributed by atoms with Crippen molar-refractivity contribution in [2.45, 2.75) is 39.7 Å². The van der Waals surface area contributed by atoms with Gasteiger partial charge in [0, 0.05) is 13.3 Å². The predicted octanol–water partition coefficient (Wildman–Crippen LogP) is 1.88. The minimum atomic E-state index is -0.958. The summed E-state index contributed by atoms with van der Waals surface area (Å²) in [6.45, 7) is 6.92. The first-order valence-electron chi connectivity index (χ1n) is 4.00. The second-order valence-corrected chi connectivity index (χ2v) is 3.53. The normalized spacial score (nSPS) is 15.0. The van der Waals surface area contributed by atoms with E-state index in [9.17, 15) is 4.79 Å². The van der Waals surface area contributed by atoms with Crippen LogP contribution in [0.4, 0.5) is 0 Å². The highest BCUT2D eigenvalue weighted by Crippen LogP contribution is 2.19. The number of rotatable bonds is 3. The molecule has 0 saturated heterocycles. The SMILES string of the molecule is CC(=O)OC(C)(C#N)CC(C)C. The number of nitriles is 1. The highest BCUT2D eigenvalue weighted by Gasteiger charge is 2.28. The third kappa shape index (κ3) is 3.97. The van der Waals surface area contributed by atoms with Crippen LogP contribution in [0.25, 0.3) is 0 Å². The number of carbonyl (C=O) groups excluding carboxylic acids is 1. The van der Waals surface area contributed by atoms with Crippen LogP contribution in [0.3, 0.4) is 0 Å². The smallest absolute Gasteiger partial charge is 0.304 e. The van der Waals surface area contributed by atoms with Gasteiger partial charge in [-0.3, -0.25) is 4.79 Å². The first kappa shape index (κ1) is 11.0. The van der Waals surface area contributed by atoms with Crippen LogP contribution >= 0.6 is 0 Å². The van der Waals surface area contributed by atoms with Crippen LogP contribution in [-0.4, -0.2) is 11.6 Å². The molecule has 0 saturated carbocycles. The van der Waals surface area contributed by atoms with Crippen molar-refractivity contribution in [1.29, 1.82) is 5.26 Å². The van der Waals surface area contributed by atoms with Gasteiger partial charge in [-0.1, -0.05) is 13.8 Å². The van der Waals surface area contributed by atoms with Gasteiger partial charge in [0.05, 0.1) is 0 Å². The first-order valence-corrected chi connectivity index (χ1v) is 4.00. The maximum absolute atomic E-state index is 10.6. The lowest BCUT2D eigenvalue weighted by molar-refractivity contribution is -0.151. The monoisotopic (exact) mass is 169 g/mol. The molecule has 0 amide bonds. The molecule has 12 heavy (non-hydrogen) atoms. The van der Waals surface area contributed by atoms with Gasteiger partial charge in [0.15, 0.2) is 5.60 Å². The van der Waals surface area contributed by atoms with Gasteiger partial charge in [0.1, 0.15) is 6.07 Å². The molecule has 0 heterocycles. The Kier molecular flexibility index (Phi) is 3.75. The van der Waals surface area contributed by atoms with E-state index in [0.717, 1.165) is 0 Å². The van der Waals surface area contributed by atoms with E-state index in [1.165, 1.54) is 6.92 Å². The molecule has 1 unspecified atom stereocenters. The number of hydrogen-bond acceptors (Lipinski definition) is 3. The molecule has 0 aliphatic rings. The highest BCUT2D eigenvalue weighted by atomic mass is 16.6. The van der Waals surface area contributed by atoms with Crippen molar-refractivity contribution in [3.05, 3.63) is 0 Å². The van der Waals surface area contributed by atoms with Crippen LogP contribution in [0, 0.1) is 17.2 Å². The Labute approximate surface area is 73.3 Å². The van der Waals surface area contributed by atoms with Crippen molar-refractivity contribution in [2.24, 2.45) is 5.92 Å². The minimum absolute atomic E-state index is 0.342. The third-order valence-electron chi connectivity index (χ3n) is 1.40. The summed E-state index contributed by atoms with van der Waals surface area (Å²) >= 11 is 0. The van der Waals surface area contributed by atoms with Crippen molar-refractivity contribution in [3.63, 3.8) is 0 Å². The molecule has 0 fully saturated rings. The Morgan fingerprint density at radius 2 is 2.17 bits per heavy atom. The van der Waals surface area contributed by atoms with E-state index in [2.05, 4.69) is 0 Å². The fourth-order valence-electron chi connectivity index (χ4n) is 1.21. The summed E-state index contributed by atoms with van der Waals surface area (Å²) < 4.78 is 4.90. The van der Waals surface area contributed by atoms with Gasteiger partial charge < -0.3 is 4.74 Å². The maximum Gasteiger partial charge on any atom is 0.304 e. The minimum Gasteiger partial charge on any atom is -0.444 e. The maximum atomic E-state index is 10.6. The second-order valence-electron chi connectivity index (χ2n) is 3.53. The number of ether oxygens (including phenoxy) is 1. The number of carbonyl (C=O) groups is 1. The number of esters is 1. The molecule has 0 bridgehead atoms. The van der Waals surface area contributed by atoms with Crippen LogP contribution in [-0.2, 0) is 9.53 Å². The largest absolute Gasteiger partial charge is 0.444 e. The van der Waals surface area contributed by atoms with Gasteiger partial charge in [-0.05, 0) is 12.8 Å². The Bertz CT molecular complexity index is 205. The number of nitrogens with zero attached hydrogens (tertiary/aromatic N) is 1. The standard InChI is InChI=1S/C9H15NO2/c1-7(2)5-9(4,6-10)12-8(3)11/h7H,5H2,1-4H3. The third-order valence-corrected chi connectivity index (χ3v) is 1.40. The van der Waals surface area contributed by atoms with Crippen LogP contribution in [0.5, 0.6) is 0 Å². The Balaban J connectivity index is 4.27. The molecule has 0 aromatic carbocycles. The second kappa shape index (κ2) is 4.10. The molecule has 0 radical (unpaired) electrons. The van der Waals surface area contributed by atoms with Crippen molar-refractivity contribution in [2.75, 3.05) is 0 Å². The van der Waals surface area contributed by atoms with E-state index in [0.29, 0.717) is 12.3 Å². The number of hydrogen-bond donors (Lipinski definition) is 0. The summed E-state index contributed by atoms with van der Waals surface area (Å²) in [6.07, 6.45) is 0.572. The Morgan fingerprint density at radius 1 is 1.67 bits per heavy atom.